The van der Waals surface area contributed by atoms with Gasteiger partial charge in [-0.25, -0.2) is 0 Å². The summed E-state index contributed by atoms with van der Waals surface area (Å²) in [4.78, 5) is 15.0. The zero-order valence-electron chi connectivity index (χ0n) is 18.0. The van der Waals surface area contributed by atoms with Gasteiger partial charge >= 0.3 is 0 Å². The first-order valence-corrected chi connectivity index (χ1v) is 10.4. The highest BCUT2D eigenvalue weighted by molar-refractivity contribution is 6.34. The molecular formula is C25H26ClN3O. The van der Waals surface area contributed by atoms with Crippen molar-refractivity contribution < 1.29 is 4.79 Å². The molecule has 0 aromatic heterocycles. The van der Waals surface area contributed by atoms with Gasteiger partial charge < -0.3 is 10.2 Å². The van der Waals surface area contributed by atoms with Crippen LogP contribution in [0.3, 0.4) is 0 Å². The molecular weight excluding hydrogens is 394 g/mol. The average molecular weight is 420 g/mol. The van der Waals surface area contributed by atoms with Crippen LogP contribution < -0.4 is 10.2 Å². The Kier molecular flexibility index (Phi) is 6.05. The van der Waals surface area contributed by atoms with Crippen molar-refractivity contribution in [3.63, 3.8) is 0 Å². The lowest BCUT2D eigenvalue weighted by Gasteiger charge is -2.43. The number of likely N-dealkylation sites (N-methyl/N-ethyl adjacent to an activating group) is 1. The molecule has 0 atom stereocenters. The van der Waals surface area contributed by atoms with Gasteiger partial charge in [-0.1, -0.05) is 29.8 Å². The molecule has 0 unspecified atom stereocenters. The van der Waals surface area contributed by atoms with Gasteiger partial charge in [0, 0.05) is 17.8 Å². The number of hydrogen-bond acceptors (Lipinski definition) is 3. The van der Waals surface area contributed by atoms with E-state index in [1.54, 1.807) is 30.3 Å². The first-order valence-electron chi connectivity index (χ1n) is 9.97. The van der Waals surface area contributed by atoms with Gasteiger partial charge in [0.25, 0.3) is 5.91 Å². The third kappa shape index (κ3) is 4.13. The first kappa shape index (κ1) is 21.7. The van der Waals surface area contributed by atoms with Crippen molar-refractivity contribution in [2.75, 3.05) is 16.8 Å². The molecule has 1 aliphatic heterocycles. The minimum Gasteiger partial charge on any atom is -0.363 e. The Morgan fingerprint density at radius 2 is 1.97 bits per heavy atom. The molecule has 2 aromatic rings. The molecule has 0 aliphatic carbocycles. The predicted octanol–water partition coefficient (Wildman–Crippen LogP) is 6.22. The number of carbonyl (C=O) groups excluding carboxylic acids is 1. The number of nitrogens with one attached hydrogen (secondary N) is 1. The largest absolute Gasteiger partial charge is 0.363 e. The van der Waals surface area contributed by atoms with E-state index < -0.39 is 5.91 Å². The lowest BCUT2D eigenvalue weighted by Crippen LogP contribution is -2.44. The number of para-hydroxylation sites is 1. The van der Waals surface area contributed by atoms with E-state index >= 15 is 0 Å². The highest BCUT2D eigenvalue weighted by Crippen LogP contribution is 2.40. The van der Waals surface area contributed by atoms with Crippen LogP contribution in [0.1, 0.15) is 44.4 Å². The highest BCUT2D eigenvalue weighted by atomic mass is 35.5. The Morgan fingerprint density at radius 3 is 2.60 bits per heavy atom. The van der Waals surface area contributed by atoms with Crippen molar-refractivity contribution in [1.29, 1.82) is 5.26 Å². The second-order valence-electron chi connectivity index (χ2n) is 8.06. The number of halogens is 1. The van der Waals surface area contributed by atoms with E-state index in [0.29, 0.717) is 10.7 Å². The van der Waals surface area contributed by atoms with Crippen LogP contribution >= 0.6 is 11.6 Å². The number of hydrogen-bond donors (Lipinski definition) is 1. The maximum absolute atomic E-state index is 12.7. The lowest BCUT2D eigenvalue weighted by molar-refractivity contribution is -0.112. The topological polar surface area (TPSA) is 56.1 Å². The minimum absolute atomic E-state index is 0.0306. The van der Waals surface area contributed by atoms with E-state index in [0.717, 1.165) is 23.2 Å². The summed E-state index contributed by atoms with van der Waals surface area (Å²) in [5.41, 5.74) is 5.79. The molecule has 1 N–H and O–H groups in total. The number of fused-ring (bicyclic) bond motifs is 1. The van der Waals surface area contributed by atoms with Crippen molar-refractivity contribution >= 4 is 40.5 Å². The minimum atomic E-state index is -0.480. The van der Waals surface area contributed by atoms with E-state index in [2.05, 4.69) is 56.1 Å². The maximum Gasteiger partial charge on any atom is 0.266 e. The van der Waals surface area contributed by atoms with E-state index in [4.69, 9.17) is 11.6 Å². The van der Waals surface area contributed by atoms with Gasteiger partial charge in [-0.2, -0.15) is 5.26 Å². The van der Waals surface area contributed by atoms with Crippen LogP contribution in [-0.4, -0.2) is 18.0 Å². The molecule has 154 valence electrons. The summed E-state index contributed by atoms with van der Waals surface area (Å²) in [6.07, 6.45) is 3.90. The second kappa shape index (κ2) is 8.38. The quantitative estimate of drug-likeness (QED) is 0.473. The Morgan fingerprint density at radius 1 is 1.27 bits per heavy atom. The number of allylic oxidation sites excluding steroid dienone is 1. The lowest BCUT2D eigenvalue weighted by atomic mass is 9.86. The summed E-state index contributed by atoms with van der Waals surface area (Å²) in [5, 5.41) is 12.7. The molecule has 0 spiro atoms. The predicted molar refractivity (Wildman–Crippen MR) is 126 cm³/mol. The zero-order valence-corrected chi connectivity index (χ0v) is 18.8. The van der Waals surface area contributed by atoms with Gasteiger partial charge in [0.15, 0.2) is 0 Å². The van der Waals surface area contributed by atoms with Crippen LogP contribution in [-0.2, 0) is 4.79 Å². The summed E-state index contributed by atoms with van der Waals surface area (Å²) in [7, 11) is 0. The fourth-order valence-corrected chi connectivity index (χ4v) is 4.22. The van der Waals surface area contributed by atoms with Crippen molar-refractivity contribution in [2.45, 2.75) is 40.2 Å². The molecule has 2 aromatic carbocycles. The SMILES string of the molecule is CCN1c2cc(C)c(/C=C(\C#N)C(=O)Nc3ccccc3Cl)cc2C(C)=CC1(C)C. The molecule has 1 amide bonds. The van der Waals surface area contributed by atoms with Gasteiger partial charge in [-0.3, -0.25) is 4.79 Å². The second-order valence-corrected chi connectivity index (χ2v) is 8.46. The molecule has 4 nitrogen and oxygen atoms in total. The summed E-state index contributed by atoms with van der Waals surface area (Å²) < 4.78 is 0. The van der Waals surface area contributed by atoms with Crippen molar-refractivity contribution in [3.05, 3.63) is 69.8 Å². The van der Waals surface area contributed by atoms with Crippen molar-refractivity contribution in [3.8, 4) is 6.07 Å². The van der Waals surface area contributed by atoms with Gasteiger partial charge in [0.1, 0.15) is 11.6 Å². The monoisotopic (exact) mass is 419 g/mol. The van der Waals surface area contributed by atoms with E-state index in [9.17, 15) is 10.1 Å². The first-order chi connectivity index (χ1) is 14.2. The number of aryl methyl sites for hydroxylation is 1. The molecule has 0 fully saturated rings. The summed E-state index contributed by atoms with van der Waals surface area (Å²) in [5.74, 6) is -0.480. The number of rotatable bonds is 4. The van der Waals surface area contributed by atoms with Crippen molar-refractivity contribution in [2.24, 2.45) is 0 Å². The number of benzene rings is 2. The average Bonchev–Trinajstić information content (AvgIpc) is 2.68. The smallest absolute Gasteiger partial charge is 0.266 e. The van der Waals surface area contributed by atoms with Gasteiger partial charge in [-0.15, -0.1) is 0 Å². The Bertz CT molecular complexity index is 1110. The van der Waals surface area contributed by atoms with Crippen LogP contribution in [0.5, 0.6) is 0 Å². The van der Waals surface area contributed by atoms with Gasteiger partial charge in [0.05, 0.1) is 16.2 Å². The van der Waals surface area contributed by atoms with Crippen molar-refractivity contribution in [1.82, 2.24) is 0 Å². The molecule has 1 heterocycles. The number of nitrogens with zero attached hydrogens (tertiary/aromatic N) is 2. The fraction of sp³-hybridized carbons (Fsp3) is 0.280. The van der Waals surface area contributed by atoms with E-state index in [1.807, 2.05) is 13.0 Å². The van der Waals surface area contributed by atoms with Gasteiger partial charge in [0.2, 0.25) is 0 Å². The number of amides is 1. The number of carbonyl (C=O) groups is 1. The fourth-order valence-electron chi connectivity index (χ4n) is 4.03. The van der Waals surface area contributed by atoms with E-state index in [1.165, 1.54) is 11.3 Å². The normalized spacial score (nSPS) is 15.2. The van der Waals surface area contributed by atoms with Crippen LogP contribution in [0.25, 0.3) is 11.6 Å². The molecule has 0 saturated carbocycles. The molecule has 3 rings (SSSR count). The maximum atomic E-state index is 12.7. The Hall–Kier alpha value is -3.03. The zero-order chi connectivity index (χ0) is 22.1. The molecule has 0 radical (unpaired) electrons. The number of anilines is 2. The van der Waals surface area contributed by atoms with Crippen LogP contribution in [0.4, 0.5) is 11.4 Å². The van der Waals surface area contributed by atoms with Crippen LogP contribution in [0, 0.1) is 18.3 Å². The molecule has 1 aliphatic rings. The van der Waals surface area contributed by atoms with Gasteiger partial charge in [-0.05, 0) is 81.7 Å². The third-order valence-corrected chi connectivity index (χ3v) is 5.80. The number of nitriles is 1. The Balaban J connectivity index is 2.01. The standard InChI is InChI=1S/C25H26ClN3O/c1-6-29-23-11-16(2)18(13-20(23)17(3)14-25(29,4)5)12-19(15-27)24(30)28-22-10-8-7-9-21(22)26/h7-14H,6H2,1-5H3,(H,28,30)/b19-12+. The van der Waals surface area contributed by atoms with Crippen LogP contribution in [0.15, 0.2) is 48.0 Å². The molecule has 5 heteroatoms. The highest BCUT2D eigenvalue weighted by Gasteiger charge is 2.30. The molecule has 0 saturated heterocycles. The van der Waals surface area contributed by atoms with Crippen LogP contribution in [0.2, 0.25) is 5.02 Å². The molecule has 0 bridgehead atoms. The van der Waals surface area contributed by atoms with E-state index in [-0.39, 0.29) is 11.1 Å². The third-order valence-electron chi connectivity index (χ3n) is 5.47. The Labute approximate surface area is 183 Å². The summed E-state index contributed by atoms with van der Waals surface area (Å²) >= 11 is 6.12. The molecule has 30 heavy (non-hydrogen) atoms. The summed E-state index contributed by atoms with van der Waals surface area (Å²) in [6.45, 7) is 11.6. The summed E-state index contributed by atoms with van der Waals surface area (Å²) in [6, 6.07) is 13.2.